The van der Waals surface area contributed by atoms with Gasteiger partial charge in [0, 0.05) is 0 Å². The Hall–Kier alpha value is -3.12. The third kappa shape index (κ3) is 1.71. The molecule has 0 heteroatoms. The first kappa shape index (κ1) is 13.2. The van der Waals surface area contributed by atoms with E-state index in [-0.39, 0.29) is 0 Å². The summed E-state index contributed by atoms with van der Waals surface area (Å²) in [4.78, 5) is 0. The van der Waals surface area contributed by atoms with Crippen molar-refractivity contribution in [3.05, 3.63) is 96.1 Å². The molecule has 0 atom stereocenters. The average Bonchev–Trinajstić information content (AvgIpc) is 2.68. The second-order valence-corrected chi connectivity index (χ2v) is 6.98. The van der Waals surface area contributed by atoms with Crippen LogP contribution >= 0.6 is 0 Å². The molecule has 0 bridgehead atoms. The minimum Gasteiger partial charge on any atom is -0.0619 e. The molecule has 6 rings (SSSR count). The van der Waals surface area contributed by atoms with Crippen LogP contribution in [0.4, 0.5) is 0 Å². The SMILES string of the molecule is c1ccc2c(c1)Cc1cccc3c1c-2cc1c2ccccc2ccc31. The lowest BCUT2D eigenvalue weighted by Gasteiger charge is -2.22. The first-order valence-electron chi connectivity index (χ1n) is 8.84. The minimum atomic E-state index is 1.03. The summed E-state index contributed by atoms with van der Waals surface area (Å²) in [6, 6.07) is 31.3. The van der Waals surface area contributed by atoms with Gasteiger partial charge in [0.1, 0.15) is 0 Å². The lowest BCUT2D eigenvalue weighted by atomic mass is 9.81. The van der Waals surface area contributed by atoms with Crippen molar-refractivity contribution in [1.82, 2.24) is 0 Å². The molecule has 0 saturated heterocycles. The Morgan fingerprint density at radius 1 is 0.480 bits per heavy atom. The molecule has 0 aliphatic heterocycles. The Balaban J connectivity index is 1.91. The second kappa shape index (κ2) is 4.70. The van der Waals surface area contributed by atoms with E-state index in [4.69, 9.17) is 0 Å². The fraction of sp³-hybridized carbons (Fsp3) is 0.0400. The Morgan fingerprint density at radius 3 is 2.28 bits per heavy atom. The molecule has 0 spiro atoms. The molecule has 0 amide bonds. The van der Waals surface area contributed by atoms with Crippen molar-refractivity contribution in [3.8, 4) is 11.1 Å². The largest absolute Gasteiger partial charge is 0.0619 e. The Labute approximate surface area is 146 Å². The summed E-state index contributed by atoms with van der Waals surface area (Å²) in [5, 5.41) is 8.18. The molecule has 5 aromatic carbocycles. The third-order valence-corrected chi connectivity index (χ3v) is 5.66. The van der Waals surface area contributed by atoms with Crippen LogP contribution in [0.25, 0.3) is 43.4 Å². The molecule has 0 aromatic heterocycles. The van der Waals surface area contributed by atoms with E-state index in [1.54, 1.807) is 0 Å². The fourth-order valence-corrected chi connectivity index (χ4v) is 4.55. The monoisotopic (exact) mass is 316 g/mol. The fourth-order valence-electron chi connectivity index (χ4n) is 4.55. The molecule has 0 heterocycles. The van der Waals surface area contributed by atoms with Crippen LogP contribution in [0, 0.1) is 0 Å². The number of hydrogen-bond acceptors (Lipinski definition) is 0. The van der Waals surface area contributed by atoms with Crippen LogP contribution < -0.4 is 0 Å². The lowest BCUT2D eigenvalue weighted by Crippen LogP contribution is -2.01. The van der Waals surface area contributed by atoms with Crippen LogP contribution in [0.2, 0.25) is 0 Å². The van der Waals surface area contributed by atoms with Gasteiger partial charge in [-0.2, -0.15) is 0 Å². The van der Waals surface area contributed by atoms with Crippen LogP contribution in [-0.2, 0) is 6.42 Å². The van der Waals surface area contributed by atoms with Crippen LogP contribution in [0.3, 0.4) is 0 Å². The molecule has 1 aliphatic carbocycles. The summed E-state index contributed by atoms with van der Waals surface area (Å²) in [7, 11) is 0. The van der Waals surface area contributed by atoms with Gasteiger partial charge in [0.15, 0.2) is 0 Å². The van der Waals surface area contributed by atoms with Gasteiger partial charge in [0.25, 0.3) is 0 Å². The molecule has 0 nitrogen and oxygen atoms in total. The maximum absolute atomic E-state index is 2.42. The molecule has 116 valence electrons. The summed E-state index contributed by atoms with van der Waals surface area (Å²) < 4.78 is 0. The number of fused-ring (bicyclic) bond motifs is 6. The highest BCUT2D eigenvalue weighted by atomic mass is 14.2. The third-order valence-electron chi connectivity index (χ3n) is 5.66. The maximum Gasteiger partial charge on any atom is -0.00132 e. The van der Waals surface area contributed by atoms with Gasteiger partial charge in [0.2, 0.25) is 0 Å². The van der Waals surface area contributed by atoms with Crippen molar-refractivity contribution in [2.45, 2.75) is 6.42 Å². The first-order chi connectivity index (χ1) is 12.4. The molecule has 0 unspecified atom stereocenters. The highest BCUT2D eigenvalue weighted by molar-refractivity contribution is 6.22. The molecule has 0 fully saturated rings. The Morgan fingerprint density at radius 2 is 1.28 bits per heavy atom. The molecule has 25 heavy (non-hydrogen) atoms. The zero-order valence-corrected chi connectivity index (χ0v) is 13.8. The topological polar surface area (TPSA) is 0 Å². The average molecular weight is 316 g/mol. The molecule has 0 N–H and O–H groups in total. The van der Waals surface area contributed by atoms with Crippen LogP contribution in [0.1, 0.15) is 11.1 Å². The summed E-state index contributed by atoms with van der Waals surface area (Å²) in [6.07, 6.45) is 1.03. The van der Waals surface area contributed by atoms with Gasteiger partial charge in [-0.1, -0.05) is 78.9 Å². The van der Waals surface area contributed by atoms with Crippen molar-refractivity contribution in [2.75, 3.05) is 0 Å². The van der Waals surface area contributed by atoms with Gasteiger partial charge < -0.3 is 0 Å². The van der Waals surface area contributed by atoms with Gasteiger partial charge in [-0.25, -0.2) is 0 Å². The van der Waals surface area contributed by atoms with E-state index in [2.05, 4.69) is 84.9 Å². The summed E-state index contributed by atoms with van der Waals surface area (Å²) in [6.45, 7) is 0. The van der Waals surface area contributed by atoms with Crippen molar-refractivity contribution in [1.29, 1.82) is 0 Å². The molecule has 0 saturated carbocycles. The van der Waals surface area contributed by atoms with E-state index in [1.807, 2.05) is 0 Å². The first-order valence-corrected chi connectivity index (χ1v) is 8.84. The quantitative estimate of drug-likeness (QED) is 0.273. The predicted octanol–water partition coefficient (Wildman–Crippen LogP) is 6.72. The molecular weight excluding hydrogens is 300 g/mol. The highest BCUT2D eigenvalue weighted by Gasteiger charge is 2.19. The molecular formula is C25H16. The molecule has 0 radical (unpaired) electrons. The van der Waals surface area contributed by atoms with Crippen molar-refractivity contribution in [2.24, 2.45) is 0 Å². The standard InChI is InChI=1S/C25H16/c1-3-9-19-16(6-1)12-13-21-22-11-5-8-18-14-17-7-2-4-10-20(17)24(25(18)22)15-23(19)21/h1-13,15H,14H2. The van der Waals surface area contributed by atoms with Gasteiger partial charge >= 0.3 is 0 Å². The predicted molar refractivity (Wildman–Crippen MR) is 107 cm³/mol. The van der Waals surface area contributed by atoms with Gasteiger partial charge in [-0.05, 0) is 67.1 Å². The minimum absolute atomic E-state index is 1.03. The number of hydrogen-bond donors (Lipinski definition) is 0. The van der Waals surface area contributed by atoms with Gasteiger partial charge in [-0.3, -0.25) is 0 Å². The van der Waals surface area contributed by atoms with Crippen molar-refractivity contribution in [3.63, 3.8) is 0 Å². The van der Waals surface area contributed by atoms with Crippen LogP contribution in [-0.4, -0.2) is 0 Å². The lowest BCUT2D eigenvalue weighted by molar-refractivity contribution is 1.20. The van der Waals surface area contributed by atoms with Gasteiger partial charge in [0.05, 0.1) is 0 Å². The van der Waals surface area contributed by atoms with E-state index >= 15 is 0 Å². The highest BCUT2D eigenvalue weighted by Crippen LogP contribution is 2.43. The van der Waals surface area contributed by atoms with E-state index in [0.29, 0.717) is 0 Å². The van der Waals surface area contributed by atoms with E-state index in [9.17, 15) is 0 Å². The Kier molecular flexibility index (Phi) is 2.48. The smallest absolute Gasteiger partial charge is 0.00132 e. The summed E-state index contributed by atoms with van der Waals surface area (Å²) in [5.41, 5.74) is 5.65. The zero-order valence-electron chi connectivity index (χ0n) is 13.8. The maximum atomic E-state index is 2.42. The zero-order chi connectivity index (χ0) is 16.4. The van der Waals surface area contributed by atoms with Crippen LogP contribution in [0.5, 0.6) is 0 Å². The molecule has 1 aliphatic rings. The van der Waals surface area contributed by atoms with Crippen molar-refractivity contribution >= 4 is 32.3 Å². The number of rotatable bonds is 0. The van der Waals surface area contributed by atoms with Crippen LogP contribution in [0.15, 0.2) is 84.9 Å². The summed E-state index contributed by atoms with van der Waals surface area (Å²) >= 11 is 0. The van der Waals surface area contributed by atoms with E-state index < -0.39 is 0 Å². The summed E-state index contributed by atoms with van der Waals surface area (Å²) in [5.74, 6) is 0. The van der Waals surface area contributed by atoms with E-state index in [0.717, 1.165) is 6.42 Å². The Bertz CT molecular complexity index is 1310. The van der Waals surface area contributed by atoms with Crippen molar-refractivity contribution < 1.29 is 0 Å². The normalized spacial score (nSPS) is 12.6. The van der Waals surface area contributed by atoms with Gasteiger partial charge in [-0.15, -0.1) is 0 Å². The second-order valence-electron chi connectivity index (χ2n) is 6.98. The number of benzene rings is 5. The molecule has 5 aromatic rings. The van der Waals surface area contributed by atoms with E-state index in [1.165, 1.54) is 54.6 Å².